The Kier molecular flexibility index (Phi) is 3.92. The van der Waals surface area contributed by atoms with Gasteiger partial charge in [0.25, 0.3) is 0 Å². The Morgan fingerprint density at radius 3 is 2.47 bits per heavy atom. The molecule has 2 aromatic heterocycles. The van der Waals surface area contributed by atoms with Gasteiger partial charge in [0.15, 0.2) is 0 Å². The molecule has 0 aromatic carbocycles. The third kappa shape index (κ3) is 3.12. The first-order chi connectivity index (χ1) is 8.06. The maximum absolute atomic E-state index is 5.93. The lowest BCUT2D eigenvalue weighted by Crippen LogP contribution is -2.21. The molecule has 0 radical (unpaired) electrons. The van der Waals surface area contributed by atoms with Crippen molar-refractivity contribution < 1.29 is 4.42 Å². The molecule has 1 N–H and O–H groups in total. The van der Waals surface area contributed by atoms with Gasteiger partial charge in [0.05, 0.1) is 10.4 Å². The van der Waals surface area contributed by atoms with E-state index in [1.165, 1.54) is 4.88 Å². The summed E-state index contributed by atoms with van der Waals surface area (Å²) in [4.78, 5) is 1.24. The largest absolute Gasteiger partial charge is 0.465 e. The fourth-order valence-electron chi connectivity index (χ4n) is 1.79. The van der Waals surface area contributed by atoms with Crippen molar-refractivity contribution in [2.24, 2.45) is 0 Å². The molecule has 2 unspecified atom stereocenters. The predicted octanol–water partition coefficient (Wildman–Crippen LogP) is 4.71. The minimum atomic E-state index is 0.194. The molecule has 2 nitrogen and oxygen atoms in total. The summed E-state index contributed by atoms with van der Waals surface area (Å²) in [6, 6.07) is 8.46. The molecule has 4 heteroatoms. The number of hydrogen-bond acceptors (Lipinski definition) is 3. The molecule has 0 amide bonds. The Labute approximate surface area is 111 Å². The van der Waals surface area contributed by atoms with E-state index in [1.807, 2.05) is 25.1 Å². The Morgan fingerprint density at radius 2 is 1.94 bits per heavy atom. The standard InChI is InChI=1S/C13H16ClNOS/c1-8-4-5-11(16-8)9(2)15-10(3)12-6-7-13(14)17-12/h4-7,9-10,15H,1-3H3. The van der Waals surface area contributed by atoms with Gasteiger partial charge in [0.1, 0.15) is 11.5 Å². The fraction of sp³-hybridized carbons (Fsp3) is 0.385. The Hall–Kier alpha value is -0.770. The number of hydrogen-bond donors (Lipinski definition) is 1. The number of aryl methyl sites for hydroxylation is 1. The second kappa shape index (κ2) is 5.25. The Balaban J connectivity index is 2.01. The van der Waals surface area contributed by atoms with Gasteiger partial charge in [-0.25, -0.2) is 0 Å². The molecule has 0 aliphatic rings. The monoisotopic (exact) mass is 269 g/mol. The summed E-state index contributed by atoms with van der Waals surface area (Å²) in [5.74, 6) is 1.91. The maximum Gasteiger partial charge on any atom is 0.120 e. The van der Waals surface area contributed by atoms with Crippen molar-refractivity contribution >= 4 is 22.9 Å². The first kappa shape index (κ1) is 12.7. The average molecular weight is 270 g/mol. The SMILES string of the molecule is Cc1ccc(C(C)NC(C)c2ccc(Cl)s2)o1. The second-order valence-electron chi connectivity index (χ2n) is 4.20. The van der Waals surface area contributed by atoms with Gasteiger partial charge in [-0.3, -0.25) is 0 Å². The van der Waals surface area contributed by atoms with Crippen LogP contribution in [0.4, 0.5) is 0 Å². The number of furan rings is 1. The molecule has 0 aliphatic carbocycles. The van der Waals surface area contributed by atoms with Crippen molar-refractivity contribution in [3.8, 4) is 0 Å². The van der Waals surface area contributed by atoms with Crippen molar-refractivity contribution in [1.82, 2.24) is 5.32 Å². The summed E-state index contributed by atoms with van der Waals surface area (Å²) in [5, 5.41) is 3.50. The minimum Gasteiger partial charge on any atom is -0.465 e. The van der Waals surface area contributed by atoms with Crippen LogP contribution in [0.1, 0.15) is 42.3 Å². The maximum atomic E-state index is 5.93. The second-order valence-corrected chi connectivity index (χ2v) is 5.95. The number of nitrogens with one attached hydrogen (secondary N) is 1. The number of halogens is 1. The summed E-state index contributed by atoms with van der Waals surface area (Å²) in [7, 11) is 0. The van der Waals surface area contributed by atoms with Crippen LogP contribution in [-0.2, 0) is 0 Å². The highest BCUT2D eigenvalue weighted by molar-refractivity contribution is 7.16. The molecule has 0 saturated heterocycles. The third-order valence-electron chi connectivity index (χ3n) is 2.71. The van der Waals surface area contributed by atoms with Gasteiger partial charge in [0.2, 0.25) is 0 Å². The molecule has 0 aliphatic heterocycles. The molecule has 2 atom stereocenters. The van der Waals surface area contributed by atoms with Gasteiger partial charge in [-0.2, -0.15) is 0 Å². The molecule has 0 saturated carbocycles. The van der Waals surface area contributed by atoms with Crippen molar-refractivity contribution in [3.63, 3.8) is 0 Å². The molecular weight excluding hydrogens is 254 g/mol. The van der Waals surface area contributed by atoms with E-state index in [2.05, 4.69) is 25.2 Å². The topological polar surface area (TPSA) is 25.2 Å². The van der Waals surface area contributed by atoms with Crippen LogP contribution in [0.2, 0.25) is 4.34 Å². The smallest absolute Gasteiger partial charge is 0.120 e. The van der Waals surface area contributed by atoms with E-state index < -0.39 is 0 Å². The van der Waals surface area contributed by atoms with Gasteiger partial charge in [-0.05, 0) is 45.0 Å². The van der Waals surface area contributed by atoms with E-state index in [9.17, 15) is 0 Å². The first-order valence-electron chi connectivity index (χ1n) is 5.64. The molecule has 0 bridgehead atoms. The molecule has 2 aromatic rings. The van der Waals surface area contributed by atoms with Gasteiger partial charge in [-0.1, -0.05) is 11.6 Å². The third-order valence-corrected chi connectivity index (χ3v) is 4.12. The lowest BCUT2D eigenvalue weighted by Gasteiger charge is -2.17. The fourth-order valence-corrected chi connectivity index (χ4v) is 2.86. The normalized spacial score (nSPS) is 14.8. The van der Waals surface area contributed by atoms with Gasteiger partial charge < -0.3 is 9.73 Å². The van der Waals surface area contributed by atoms with Crippen LogP contribution in [0.5, 0.6) is 0 Å². The van der Waals surface area contributed by atoms with Crippen molar-refractivity contribution in [2.75, 3.05) is 0 Å². The van der Waals surface area contributed by atoms with E-state index in [0.717, 1.165) is 15.9 Å². The lowest BCUT2D eigenvalue weighted by molar-refractivity contribution is 0.394. The van der Waals surface area contributed by atoms with E-state index >= 15 is 0 Å². The molecular formula is C13H16ClNOS. The summed E-state index contributed by atoms with van der Waals surface area (Å²) >= 11 is 7.54. The highest BCUT2D eigenvalue weighted by atomic mass is 35.5. The van der Waals surface area contributed by atoms with E-state index in [1.54, 1.807) is 11.3 Å². The molecule has 17 heavy (non-hydrogen) atoms. The lowest BCUT2D eigenvalue weighted by atomic mass is 10.2. The van der Waals surface area contributed by atoms with Crippen LogP contribution in [0.3, 0.4) is 0 Å². The molecule has 0 fully saturated rings. The summed E-state index contributed by atoms with van der Waals surface area (Å²) < 4.78 is 6.43. The first-order valence-corrected chi connectivity index (χ1v) is 6.83. The Bertz CT molecular complexity index is 447. The number of rotatable bonds is 4. The van der Waals surface area contributed by atoms with Crippen LogP contribution in [0.15, 0.2) is 28.7 Å². The summed E-state index contributed by atoms with van der Waals surface area (Å²) in [6.07, 6.45) is 0. The van der Waals surface area contributed by atoms with Gasteiger partial charge >= 0.3 is 0 Å². The Morgan fingerprint density at radius 1 is 1.18 bits per heavy atom. The van der Waals surface area contributed by atoms with Gasteiger partial charge in [0, 0.05) is 10.9 Å². The highest BCUT2D eigenvalue weighted by Crippen LogP contribution is 2.28. The predicted molar refractivity (Wildman–Crippen MR) is 72.7 cm³/mol. The molecule has 2 heterocycles. The minimum absolute atomic E-state index is 0.194. The van der Waals surface area contributed by atoms with Crippen LogP contribution >= 0.6 is 22.9 Å². The van der Waals surface area contributed by atoms with Gasteiger partial charge in [-0.15, -0.1) is 11.3 Å². The highest BCUT2D eigenvalue weighted by Gasteiger charge is 2.14. The molecule has 92 valence electrons. The number of thiophene rings is 1. The molecule has 0 spiro atoms. The zero-order chi connectivity index (χ0) is 12.4. The van der Waals surface area contributed by atoms with Crippen LogP contribution in [0.25, 0.3) is 0 Å². The molecule has 2 rings (SSSR count). The van der Waals surface area contributed by atoms with E-state index in [0.29, 0.717) is 0 Å². The van der Waals surface area contributed by atoms with Crippen molar-refractivity contribution in [2.45, 2.75) is 32.9 Å². The van der Waals surface area contributed by atoms with Crippen molar-refractivity contribution in [1.29, 1.82) is 0 Å². The van der Waals surface area contributed by atoms with Crippen LogP contribution < -0.4 is 5.32 Å². The van der Waals surface area contributed by atoms with Crippen LogP contribution in [0, 0.1) is 6.92 Å². The summed E-state index contributed by atoms with van der Waals surface area (Å²) in [6.45, 7) is 6.19. The van der Waals surface area contributed by atoms with E-state index in [4.69, 9.17) is 16.0 Å². The average Bonchev–Trinajstić information content (AvgIpc) is 2.87. The summed E-state index contributed by atoms with van der Waals surface area (Å²) in [5.41, 5.74) is 0. The van der Waals surface area contributed by atoms with Crippen molar-refractivity contribution in [3.05, 3.63) is 45.0 Å². The zero-order valence-electron chi connectivity index (χ0n) is 10.2. The van der Waals surface area contributed by atoms with Crippen LogP contribution in [-0.4, -0.2) is 0 Å². The van der Waals surface area contributed by atoms with E-state index in [-0.39, 0.29) is 12.1 Å². The quantitative estimate of drug-likeness (QED) is 0.869. The zero-order valence-corrected chi connectivity index (χ0v) is 11.7.